The van der Waals surface area contributed by atoms with E-state index in [2.05, 4.69) is 35.2 Å². The highest BCUT2D eigenvalue weighted by molar-refractivity contribution is 5.85. The monoisotopic (exact) mass is 384 g/mol. The van der Waals surface area contributed by atoms with Crippen molar-refractivity contribution in [2.75, 3.05) is 13.2 Å². The van der Waals surface area contributed by atoms with E-state index in [-0.39, 0.29) is 5.91 Å². The van der Waals surface area contributed by atoms with Crippen LogP contribution in [-0.4, -0.2) is 41.9 Å². The number of hydrogen-bond donors (Lipinski definition) is 3. The van der Waals surface area contributed by atoms with Crippen molar-refractivity contribution >= 4 is 5.91 Å². The average molecular weight is 384 g/mol. The normalized spacial score (nSPS) is 29.9. The Morgan fingerprint density at radius 3 is 2.68 bits per heavy atom. The van der Waals surface area contributed by atoms with Gasteiger partial charge < -0.3 is 14.6 Å². The molecule has 2 aliphatic heterocycles. The Morgan fingerprint density at radius 2 is 2.00 bits per heavy atom. The molecule has 0 saturated carbocycles. The molecule has 7 heteroatoms. The van der Waals surface area contributed by atoms with Gasteiger partial charge in [-0.05, 0) is 26.7 Å². The molecule has 0 bridgehead atoms. The Kier molecular flexibility index (Phi) is 5.48. The molecule has 4 rings (SSSR count). The summed E-state index contributed by atoms with van der Waals surface area (Å²) in [5, 5.41) is 7.29. The van der Waals surface area contributed by atoms with Gasteiger partial charge in [0.2, 0.25) is 0 Å². The second-order valence-electron chi connectivity index (χ2n) is 7.91. The van der Waals surface area contributed by atoms with Crippen LogP contribution in [0.2, 0.25) is 0 Å². The van der Waals surface area contributed by atoms with Crippen LogP contribution in [0.1, 0.15) is 32.4 Å². The van der Waals surface area contributed by atoms with Crippen LogP contribution in [0.15, 0.2) is 40.9 Å². The van der Waals surface area contributed by atoms with Crippen molar-refractivity contribution in [2.45, 2.75) is 50.8 Å². The number of carbonyl (C=O) groups excluding carboxylic acids is 1. The molecule has 28 heavy (non-hydrogen) atoms. The van der Waals surface area contributed by atoms with Gasteiger partial charge in [-0.15, -0.1) is 0 Å². The van der Waals surface area contributed by atoms with E-state index in [1.807, 2.05) is 36.4 Å². The lowest BCUT2D eigenvalue weighted by molar-refractivity contribution is -0.142. The van der Waals surface area contributed by atoms with Gasteiger partial charge in [0.15, 0.2) is 5.60 Å². The standard InChI is InChI=1S/C21H28N4O3/c1-14-18(15(2)24-23-14)13-22-20(26)21(9-6-10-27-21)12-17-11-19(25-28-17)16-7-4-3-5-8-16/h3-5,7-8,11,14-15,18,23-24H,6,9-10,12-13H2,1-2H3,(H,22,26). The molecule has 1 amide bonds. The summed E-state index contributed by atoms with van der Waals surface area (Å²) in [5.41, 5.74) is 7.34. The minimum absolute atomic E-state index is 0.0611. The number of nitrogens with one attached hydrogen (secondary N) is 3. The lowest BCUT2D eigenvalue weighted by Gasteiger charge is -2.27. The zero-order valence-corrected chi connectivity index (χ0v) is 16.4. The molecule has 2 saturated heterocycles. The van der Waals surface area contributed by atoms with E-state index in [1.165, 1.54) is 0 Å². The first-order valence-corrected chi connectivity index (χ1v) is 10.0. The molecule has 0 aliphatic carbocycles. The van der Waals surface area contributed by atoms with Crippen LogP contribution in [0, 0.1) is 5.92 Å². The molecule has 0 spiro atoms. The molecule has 3 N–H and O–H groups in total. The summed E-state index contributed by atoms with van der Waals surface area (Å²) in [4.78, 5) is 13.1. The third kappa shape index (κ3) is 3.83. The fraction of sp³-hybridized carbons (Fsp3) is 0.524. The topological polar surface area (TPSA) is 88.4 Å². The van der Waals surface area contributed by atoms with Gasteiger partial charge in [-0.25, -0.2) is 0 Å². The number of benzene rings is 1. The van der Waals surface area contributed by atoms with Crippen LogP contribution in [0.25, 0.3) is 11.3 Å². The fourth-order valence-electron chi connectivity index (χ4n) is 4.15. The second kappa shape index (κ2) is 8.03. The summed E-state index contributed by atoms with van der Waals surface area (Å²) in [5.74, 6) is 0.938. The van der Waals surface area contributed by atoms with Crippen LogP contribution in [-0.2, 0) is 16.0 Å². The van der Waals surface area contributed by atoms with Crippen LogP contribution in [0.5, 0.6) is 0 Å². The van der Waals surface area contributed by atoms with Gasteiger partial charge in [-0.3, -0.25) is 15.6 Å². The molecule has 2 aromatic rings. The van der Waals surface area contributed by atoms with E-state index in [4.69, 9.17) is 9.26 Å². The highest BCUT2D eigenvalue weighted by Gasteiger charge is 2.44. The molecule has 2 fully saturated rings. The first-order chi connectivity index (χ1) is 13.6. The number of aromatic nitrogens is 1. The van der Waals surface area contributed by atoms with Crippen molar-refractivity contribution in [1.29, 1.82) is 0 Å². The molecule has 1 aromatic heterocycles. The minimum Gasteiger partial charge on any atom is -0.365 e. The molecular formula is C21H28N4O3. The number of nitrogens with zero attached hydrogens (tertiary/aromatic N) is 1. The van der Waals surface area contributed by atoms with Gasteiger partial charge in [-0.2, -0.15) is 0 Å². The average Bonchev–Trinajstić information content (AvgIpc) is 3.44. The number of amides is 1. The van der Waals surface area contributed by atoms with Gasteiger partial charge in [0, 0.05) is 49.2 Å². The van der Waals surface area contributed by atoms with Gasteiger partial charge >= 0.3 is 0 Å². The second-order valence-corrected chi connectivity index (χ2v) is 7.91. The Labute approximate surface area is 165 Å². The number of hydrogen-bond acceptors (Lipinski definition) is 6. The molecule has 150 valence electrons. The summed E-state index contributed by atoms with van der Waals surface area (Å²) in [6.45, 7) is 5.44. The van der Waals surface area contributed by atoms with Crippen molar-refractivity contribution in [3.05, 3.63) is 42.2 Å². The van der Waals surface area contributed by atoms with Crippen molar-refractivity contribution in [3.8, 4) is 11.3 Å². The van der Waals surface area contributed by atoms with E-state index < -0.39 is 5.60 Å². The van der Waals surface area contributed by atoms with Gasteiger partial charge in [0.1, 0.15) is 11.5 Å². The highest BCUT2D eigenvalue weighted by Crippen LogP contribution is 2.31. The van der Waals surface area contributed by atoms with Crippen LogP contribution in [0.3, 0.4) is 0 Å². The van der Waals surface area contributed by atoms with Crippen molar-refractivity contribution in [1.82, 2.24) is 21.3 Å². The third-order valence-corrected chi connectivity index (χ3v) is 5.93. The maximum absolute atomic E-state index is 13.1. The fourth-order valence-corrected chi connectivity index (χ4v) is 4.15. The molecule has 2 aliphatic rings. The van der Waals surface area contributed by atoms with E-state index in [1.54, 1.807) is 0 Å². The maximum atomic E-state index is 13.1. The predicted octanol–water partition coefficient (Wildman–Crippen LogP) is 2.05. The lowest BCUT2D eigenvalue weighted by Crippen LogP contribution is -2.50. The highest BCUT2D eigenvalue weighted by atomic mass is 16.5. The summed E-state index contributed by atoms with van der Waals surface area (Å²) < 4.78 is 11.5. The number of rotatable bonds is 6. The Balaban J connectivity index is 1.44. The number of hydrazine groups is 1. The summed E-state index contributed by atoms with van der Waals surface area (Å²) in [6.07, 6.45) is 1.95. The SMILES string of the molecule is CC1NNC(C)C1CNC(=O)C1(Cc2cc(-c3ccccc3)no2)CCCO1. The van der Waals surface area contributed by atoms with E-state index in [9.17, 15) is 4.79 Å². The van der Waals surface area contributed by atoms with E-state index in [0.29, 0.717) is 49.8 Å². The maximum Gasteiger partial charge on any atom is 0.252 e. The molecule has 1 aromatic carbocycles. The van der Waals surface area contributed by atoms with Crippen LogP contribution >= 0.6 is 0 Å². The molecule has 3 unspecified atom stereocenters. The molecule has 7 nitrogen and oxygen atoms in total. The predicted molar refractivity (Wildman–Crippen MR) is 105 cm³/mol. The van der Waals surface area contributed by atoms with E-state index in [0.717, 1.165) is 17.7 Å². The van der Waals surface area contributed by atoms with Crippen molar-refractivity contribution in [3.63, 3.8) is 0 Å². The van der Waals surface area contributed by atoms with Crippen LogP contribution in [0.4, 0.5) is 0 Å². The third-order valence-electron chi connectivity index (χ3n) is 5.93. The molecule has 3 atom stereocenters. The first kappa shape index (κ1) is 19.1. The molecule has 0 radical (unpaired) electrons. The number of ether oxygens (including phenoxy) is 1. The zero-order chi connectivity index (χ0) is 19.6. The quantitative estimate of drug-likeness (QED) is 0.707. The largest absolute Gasteiger partial charge is 0.365 e. The van der Waals surface area contributed by atoms with Crippen molar-refractivity contribution in [2.24, 2.45) is 5.92 Å². The van der Waals surface area contributed by atoms with E-state index >= 15 is 0 Å². The summed E-state index contributed by atoms with van der Waals surface area (Å²) in [7, 11) is 0. The summed E-state index contributed by atoms with van der Waals surface area (Å²) >= 11 is 0. The van der Waals surface area contributed by atoms with Gasteiger partial charge in [0.25, 0.3) is 5.91 Å². The zero-order valence-electron chi connectivity index (χ0n) is 16.4. The smallest absolute Gasteiger partial charge is 0.252 e. The minimum atomic E-state index is -0.876. The molecular weight excluding hydrogens is 356 g/mol. The Morgan fingerprint density at radius 1 is 1.25 bits per heavy atom. The lowest BCUT2D eigenvalue weighted by atomic mass is 9.92. The summed E-state index contributed by atoms with van der Waals surface area (Å²) in [6, 6.07) is 12.4. The van der Waals surface area contributed by atoms with Gasteiger partial charge in [-0.1, -0.05) is 35.5 Å². The molecule has 3 heterocycles. The van der Waals surface area contributed by atoms with Gasteiger partial charge in [0.05, 0.1) is 0 Å². The first-order valence-electron chi connectivity index (χ1n) is 10.0. The van der Waals surface area contributed by atoms with Crippen molar-refractivity contribution < 1.29 is 14.1 Å². The Hall–Kier alpha value is -2.22. The number of carbonyl (C=O) groups is 1. The Bertz CT molecular complexity index is 791. The van der Waals surface area contributed by atoms with Crippen LogP contribution < -0.4 is 16.2 Å².